The summed E-state index contributed by atoms with van der Waals surface area (Å²) in [6.07, 6.45) is 2.36. The highest BCUT2D eigenvalue weighted by Crippen LogP contribution is 2.15. The number of benzene rings is 1. The summed E-state index contributed by atoms with van der Waals surface area (Å²) in [7, 11) is 0. The molecule has 110 valence electrons. The largest absolute Gasteiger partial charge is 0.325 e. The Kier molecular flexibility index (Phi) is 5.56. The van der Waals surface area contributed by atoms with Crippen molar-refractivity contribution in [3.63, 3.8) is 0 Å². The highest BCUT2D eigenvalue weighted by molar-refractivity contribution is 5.94. The molecule has 2 N–H and O–H groups in total. The number of nitrogens with one attached hydrogen (secondary N) is 2. The number of amides is 1. The molecule has 2 rings (SSSR count). The van der Waals surface area contributed by atoms with Crippen LogP contribution < -0.4 is 10.6 Å². The molecule has 0 aliphatic carbocycles. The van der Waals surface area contributed by atoms with Crippen molar-refractivity contribution < 1.29 is 4.79 Å². The van der Waals surface area contributed by atoms with Crippen molar-refractivity contribution in [3.05, 3.63) is 30.3 Å². The minimum absolute atomic E-state index is 0.0728. The summed E-state index contributed by atoms with van der Waals surface area (Å²) in [6, 6.07) is 10.0. The number of anilines is 1. The molecular formula is C16H25N3O. The van der Waals surface area contributed by atoms with E-state index in [9.17, 15) is 4.79 Å². The average Bonchev–Trinajstić information content (AvgIpc) is 2.50. The summed E-state index contributed by atoms with van der Waals surface area (Å²) in [6.45, 7) is 7.10. The topological polar surface area (TPSA) is 44.4 Å². The molecule has 2 atom stereocenters. The first-order chi connectivity index (χ1) is 9.72. The van der Waals surface area contributed by atoms with Gasteiger partial charge in [-0.2, -0.15) is 0 Å². The number of piperidine rings is 1. The van der Waals surface area contributed by atoms with Gasteiger partial charge < -0.3 is 10.6 Å². The molecule has 4 heteroatoms. The van der Waals surface area contributed by atoms with Crippen molar-refractivity contribution in [2.75, 3.05) is 25.0 Å². The summed E-state index contributed by atoms with van der Waals surface area (Å²) >= 11 is 0. The number of rotatable bonds is 5. The number of nitrogens with zero attached hydrogens (tertiary/aromatic N) is 1. The van der Waals surface area contributed by atoms with Gasteiger partial charge in [0.2, 0.25) is 5.91 Å². The van der Waals surface area contributed by atoms with E-state index in [4.69, 9.17) is 0 Å². The number of hydrogen-bond donors (Lipinski definition) is 2. The van der Waals surface area contributed by atoms with E-state index in [2.05, 4.69) is 22.5 Å². The van der Waals surface area contributed by atoms with E-state index in [0.717, 1.165) is 25.3 Å². The quantitative estimate of drug-likeness (QED) is 0.865. The van der Waals surface area contributed by atoms with E-state index in [1.807, 2.05) is 37.3 Å². The van der Waals surface area contributed by atoms with Crippen molar-refractivity contribution in [3.8, 4) is 0 Å². The molecular weight excluding hydrogens is 250 g/mol. The molecule has 0 aromatic heterocycles. The van der Waals surface area contributed by atoms with Crippen LogP contribution in [0.5, 0.6) is 0 Å². The third-order valence-electron chi connectivity index (χ3n) is 4.02. The highest BCUT2D eigenvalue weighted by atomic mass is 16.2. The van der Waals surface area contributed by atoms with Gasteiger partial charge in [-0.25, -0.2) is 0 Å². The molecule has 0 saturated carbocycles. The fraction of sp³-hybridized carbons (Fsp3) is 0.562. The van der Waals surface area contributed by atoms with Crippen molar-refractivity contribution in [2.45, 2.75) is 38.8 Å². The molecule has 1 aliphatic heterocycles. The smallest absolute Gasteiger partial charge is 0.241 e. The first kappa shape index (κ1) is 15.0. The average molecular weight is 275 g/mol. The third kappa shape index (κ3) is 3.81. The van der Waals surface area contributed by atoms with E-state index >= 15 is 0 Å². The Labute approximate surface area is 121 Å². The molecule has 1 heterocycles. The van der Waals surface area contributed by atoms with Crippen LogP contribution in [0.1, 0.15) is 26.7 Å². The molecule has 2 unspecified atom stereocenters. The van der Waals surface area contributed by atoms with Gasteiger partial charge in [0.05, 0.1) is 6.04 Å². The Balaban J connectivity index is 1.96. The summed E-state index contributed by atoms with van der Waals surface area (Å²) in [5.74, 6) is 0.0728. The molecule has 0 bridgehead atoms. The SMILES string of the molecule is CCN(C1CCCNC1)C(C)C(=O)Nc1ccccc1. The van der Waals surface area contributed by atoms with E-state index < -0.39 is 0 Å². The predicted octanol–water partition coefficient (Wildman–Crippen LogP) is 2.09. The lowest BCUT2D eigenvalue weighted by atomic mass is 10.0. The van der Waals surface area contributed by atoms with Crippen LogP contribution in [0.25, 0.3) is 0 Å². The number of hydrogen-bond acceptors (Lipinski definition) is 3. The molecule has 1 aromatic carbocycles. The van der Waals surface area contributed by atoms with E-state index in [-0.39, 0.29) is 11.9 Å². The molecule has 1 aliphatic rings. The Morgan fingerprint density at radius 3 is 2.80 bits per heavy atom. The van der Waals surface area contributed by atoms with Crippen LogP contribution in [0.4, 0.5) is 5.69 Å². The van der Waals surface area contributed by atoms with Gasteiger partial charge >= 0.3 is 0 Å². The maximum absolute atomic E-state index is 12.4. The second kappa shape index (κ2) is 7.41. The summed E-state index contributed by atoms with van der Waals surface area (Å²) in [5.41, 5.74) is 0.863. The lowest BCUT2D eigenvalue weighted by Crippen LogP contribution is -2.52. The fourth-order valence-corrected chi connectivity index (χ4v) is 2.88. The second-order valence-corrected chi connectivity index (χ2v) is 5.36. The predicted molar refractivity (Wildman–Crippen MR) is 82.8 cm³/mol. The Morgan fingerprint density at radius 2 is 2.20 bits per heavy atom. The maximum atomic E-state index is 12.4. The second-order valence-electron chi connectivity index (χ2n) is 5.36. The fourth-order valence-electron chi connectivity index (χ4n) is 2.88. The van der Waals surface area contributed by atoms with E-state index in [1.54, 1.807) is 0 Å². The molecule has 20 heavy (non-hydrogen) atoms. The summed E-state index contributed by atoms with van der Waals surface area (Å²) in [5, 5.41) is 6.41. The molecule has 4 nitrogen and oxygen atoms in total. The molecule has 0 radical (unpaired) electrons. The Bertz CT molecular complexity index is 415. The first-order valence-electron chi connectivity index (χ1n) is 7.54. The maximum Gasteiger partial charge on any atom is 0.241 e. The third-order valence-corrected chi connectivity index (χ3v) is 4.02. The van der Waals surface area contributed by atoms with Crippen LogP contribution in [0.15, 0.2) is 30.3 Å². The number of likely N-dealkylation sites (N-methyl/N-ethyl adjacent to an activating group) is 1. The van der Waals surface area contributed by atoms with Crippen molar-refractivity contribution >= 4 is 11.6 Å². The lowest BCUT2D eigenvalue weighted by molar-refractivity contribution is -0.121. The summed E-state index contributed by atoms with van der Waals surface area (Å²) in [4.78, 5) is 14.7. The number of para-hydroxylation sites is 1. The standard InChI is InChI=1S/C16H25N3O/c1-3-19(15-10-7-11-17-12-15)13(2)16(20)18-14-8-5-4-6-9-14/h4-6,8-9,13,15,17H,3,7,10-12H2,1-2H3,(H,18,20). The van der Waals surface area contributed by atoms with Crippen LogP contribution in [0.2, 0.25) is 0 Å². The normalized spacial score (nSPS) is 20.6. The Hall–Kier alpha value is -1.39. The number of carbonyl (C=O) groups excluding carboxylic acids is 1. The molecule has 0 spiro atoms. The lowest BCUT2D eigenvalue weighted by Gasteiger charge is -2.37. The van der Waals surface area contributed by atoms with Gasteiger partial charge in [-0.15, -0.1) is 0 Å². The van der Waals surface area contributed by atoms with Gasteiger partial charge in [0.1, 0.15) is 0 Å². The minimum atomic E-state index is -0.106. The molecule has 1 aromatic rings. The zero-order valence-corrected chi connectivity index (χ0v) is 12.4. The van der Waals surface area contributed by atoms with Gasteiger partial charge in [-0.05, 0) is 45.0 Å². The minimum Gasteiger partial charge on any atom is -0.325 e. The van der Waals surface area contributed by atoms with Gasteiger partial charge in [0.25, 0.3) is 0 Å². The molecule has 1 fully saturated rings. The van der Waals surface area contributed by atoms with Crippen LogP contribution in [0.3, 0.4) is 0 Å². The molecule has 1 saturated heterocycles. The van der Waals surface area contributed by atoms with Crippen LogP contribution in [0, 0.1) is 0 Å². The van der Waals surface area contributed by atoms with Crippen molar-refractivity contribution in [1.29, 1.82) is 0 Å². The number of carbonyl (C=O) groups is 1. The van der Waals surface area contributed by atoms with Gasteiger partial charge in [-0.3, -0.25) is 9.69 Å². The summed E-state index contributed by atoms with van der Waals surface area (Å²) < 4.78 is 0. The van der Waals surface area contributed by atoms with Gasteiger partial charge in [0, 0.05) is 18.3 Å². The van der Waals surface area contributed by atoms with Crippen LogP contribution in [-0.4, -0.2) is 42.5 Å². The highest BCUT2D eigenvalue weighted by Gasteiger charge is 2.27. The Morgan fingerprint density at radius 1 is 1.45 bits per heavy atom. The zero-order chi connectivity index (χ0) is 14.4. The van der Waals surface area contributed by atoms with Gasteiger partial charge in [-0.1, -0.05) is 25.1 Å². The van der Waals surface area contributed by atoms with Crippen molar-refractivity contribution in [2.24, 2.45) is 0 Å². The van der Waals surface area contributed by atoms with Crippen LogP contribution >= 0.6 is 0 Å². The first-order valence-corrected chi connectivity index (χ1v) is 7.54. The van der Waals surface area contributed by atoms with E-state index in [0.29, 0.717) is 6.04 Å². The van der Waals surface area contributed by atoms with Gasteiger partial charge in [0.15, 0.2) is 0 Å². The van der Waals surface area contributed by atoms with E-state index in [1.165, 1.54) is 12.8 Å². The molecule has 1 amide bonds. The van der Waals surface area contributed by atoms with Crippen molar-refractivity contribution in [1.82, 2.24) is 10.2 Å². The zero-order valence-electron chi connectivity index (χ0n) is 12.4. The monoisotopic (exact) mass is 275 g/mol. The van der Waals surface area contributed by atoms with Crippen LogP contribution in [-0.2, 0) is 4.79 Å².